The molecule has 1 aliphatic carbocycles. The summed E-state index contributed by atoms with van der Waals surface area (Å²) in [5, 5.41) is 2.82. The fourth-order valence-corrected chi connectivity index (χ4v) is 3.44. The van der Waals surface area contributed by atoms with Crippen LogP contribution in [-0.2, 0) is 20.8 Å². The molecule has 2 aliphatic rings. The van der Waals surface area contributed by atoms with E-state index in [9.17, 15) is 14.4 Å². The first-order valence-corrected chi connectivity index (χ1v) is 8.44. The van der Waals surface area contributed by atoms with Crippen LogP contribution in [-0.4, -0.2) is 28.7 Å². The number of carbonyl (C=O) groups is 3. The zero-order valence-corrected chi connectivity index (χ0v) is 14.0. The van der Waals surface area contributed by atoms with Crippen molar-refractivity contribution in [1.82, 2.24) is 4.90 Å². The van der Waals surface area contributed by atoms with Crippen LogP contribution in [0.15, 0.2) is 36.4 Å². The van der Waals surface area contributed by atoms with Gasteiger partial charge in [-0.25, -0.2) is 0 Å². The Morgan fingerprint density at radius 3 is 2.42 bits per heavy atom. The average molecular weight is 326 g/mol. The SMILES string of the molecule is CCc1cccc(NC(=O)[C@H](C)N2C(=O)[C@H]3CC=CC[C@H]3C2=O)c1. The van der Waals surface area contributed by atoms with E-state index in [0.717, 1.165) is 16.9 Å². The van der Waals surface area contributed by atoms with E-state index in [2.05, 4.69) is 5.32 Å². The lowest BCUT2D eigenvalue weighted by atomic mass is 9.85. The highest BCUT2D eigenvalue weighted by molar-refractivity contribution is 6.10. The second-order valence-corrected chi connectivity index (χ2v) is 6.42. The largest absolute Gasteiger partial charge is 0.324 e. The molecule has 5 heteroatoms. The molecule has 24 heavy (non-hydrogen) atoms. The van der Waals surface area contributed by atoms with Crippen LogP contribution in [0.5, 0.6) is 0 Å². The fourth-order valence-electron chi connectivity index (χ4n) is 3.44. The second kappa shape index (κ2) is 6.59. The van der Waals surface area contributed by atoms with Crippen molar-refractivity contribution >= 4 is 23.4 Å². The molecule has 1 aromatic carbocycles. The van der Waals surface area contributed by atoms with E-state index in [4.69, 9.17) is 0 Å². The summed E-state index contributed by atoms with van der Waals surface area (Å²) in [6.07, 6.45) is 5.92. The first kappa shape index (κ1) is 16.4. The number of imide groups is 1. The number of allylic oxidation sites excluding steroid dienone is 2. The van der Waals surface area contributed by atoms with Crippen molar-refractivity contribution in [2.75, 3.05) is 5.32 Å². The van der Waals surface area contributed by atoms with E-state index < -0.39 is 6.04 Å². The van der Waals surface area contributed by atoms with Crippen LogP contribution < -0.4 is 5.32 Å². The molecule has 1 aliphatic heterocycles. The van der Waals surface area contributed by atoms with Gasteiger partial charge in [0.15, 0.2) is 0 Å². The molecule has 1 saturated heterocycles. The van der Waals surface area contributed by atoms with Crippen LogP contribution in [0.25, 0.3) is 0 Å². The number of hydrogen-bond donors (Lipinski definition) is 1. The number of rotatable bonds is 4. The molecule has 0 spiro atoms. The van der Waals surface area contributed by atoms with Crippen LogP contribution >= 0.6 is 0 Å². The van der Waals surface area contributed by atoms with Gasteiger partial charge in [-0.3, -0.25) is 19.3 Å². The second-order valence-electron chi connectivity index (χ2n) is 6.42. The number of carbonyl (C=O) groups excluding carboxylic acids is 3. The third kappa shape index (κ3) is 2.86. The van der Waals surface area contributed by atoms with Gasteiger partial charge in [-0.05, 0) is 43.9 Å². The molecule has 0 saturated carbocycles. The zero-order chi connectivity index (χ0) is 17.3. The summed E-state index contributed by atoms with van der Waals surface area (Å²) in [4.78, 5) is 38.8. The molecule has 0 radical (unpaired) electrons. The Morgan fingerprint density at radius 1 is 1.21 bits per heavy atom. The van der Waals surface area contributed by atoms with Crippen molar-refractivity contribution in [3.8, 4) is 0 Å². The maximum atomic E-state index is 12.5. The van der Waals surface area contributed by atoms with Gasteiger partial charge in [0.1, 0.15) is 6.04 Å². The maximum Gasteiger partial charge on any atom is 0.247 e. The lowest BCUT2D eigenvalue weighted by molar-refractivity contribution is -0.146. The van der Waals surface area contributed by atoms with Crippen LogP contribution in [0.2, 0.25) is 0 Å². The molecule has 126 valence electrons. The van der Waals surface area contributed by atoms with E-state index >= 15 is 0 Å². The lowest BCUT2D eigenvalue weighted by Gasteiger charge is -2.22. The zero-order valence-electron chi connectivity index (χ0n) is 14.0. The number of aryl methyl sites for hydroxylation is 1. The van der Waals surface area contributed by atoms with Crippen molar-refractivity contribution < 1.29 is 14.4 Å². The van der Waals surface area contributed by atoms with Crippen molar-refractivity contribution in [1.29, 1.82) is 0 Å². The smallest absolute Gasteiger partial charge is 0.247 e. The van der Waals surface area contributed by atoms with E-state index in [0.29, 0.717) is 18.5 Å². The number of nitrogens with zero attached hydrogens (tertiary/aromatic N) is 1. The third-order valence-electron chi connectivity index (χ3n) is 4.91. The number of nitrogens with one attached hydrogen (secondary N) is 1. The molecule has 3 atom stereocenters. The molecular weight excluding hydrogens is 304 g/mol. The van der Waals surface area contributed by atoms with Gasteiger partial charge >= 0.3 is 0 Å². The summed E-state index contributed by atoms with van der Waals surface area (Å²) in [5.74, 6) is -1.39. The van der Waals surface area contributed by atoms with E-state index in [-0.39, 0.29) is 29.6 Å². The highest BCUT2D eigenvalue weighted by Crippen LogP contribution is 2.36. The molecule has 3 amide bonds. The molecule has 1 aromatic rings. The number of hydrogen-bond acceptors (Lipinski definition) is 3. The molecule has 1 N–H and O–H groups in total. The minimum Gasteiger partial charge on any atom is -0.324 e. The minimum atomic E-state index is -0.805. The number of likely N-dealkylation sites (tertiary alicyclic amines) is 1. The summed E-state index contributed by atoms with van der Waals surface area (Å²) in [5.41, 5.74) is 1.80. The van der Waals surface area contributed by atoms with Gasteiger partial charge in [-0.15, -0.1) is 0 Å². The van der Waals surface area contributed by atoms with Gasteiger partial charge in [-0.1, -0.05) is 31.2 Å². The summed E-state index contributed by atoms with van der Waals surface area (Å²) >= 11 is 0. The number of fused-ring (bicyclic) bond motifs is 1. The Bertz CT molecular complexity index is 684. The summed E-state index contributed by atoms with van der Waals surface area (Å²) in [6.45, 7) is 3.65. The Kier molecular flexibility index (Phi) is 4.51. The lowest BCUT2D eigenvalue weighted by Crippen LogP contribution is -2.46. The first-order chi connectivity index (χ1) is 11.5. The number of amides is 3. The molecule has 1 fully saturated rings. The summed E-state index contributed by atoms with van der Waals surface area (Å²) < 4.78 is 0. The predicted molar refractivity (Wildman–Crippen MR) is 91.1 cm³/mol. The molecular formula is C19H22N2O3. The molecule has 5 nitrogen and oxygen atoms in total. The van der Waals surface area contributed by atoms with Crippen LogP contribution in [0, 0.1) is 11.8 Å². The Labute approximate surface area is 141 Å². The van der Waals surface area contributed by atoms with Crippen molar-refractivity contribution in [3.05, 3.63) is 42.0 Å². The van der Waals surface area contributed by atoms with Crippen LogP contribution in [0.3, 0.4) is 0 Å². The molecule has 3 rings (SSSR count). The monoisotopic (exact) mass is 326 g/mol. The van der Waals surface area contributed by atoms with Crippen LogP contribution in [0.4, 0.5) is 5.69 Å². The molecule has 0 aromatic heterocycles. The highest BCUT2D eigenvalue weighted by Gasteiger charge is 2.50. The fraction of sp³-hybridized carbons (Fsp3) is 0.421. The van der Waals surface area contributed by atoms with E-state index in [1.807, 2.05) is 37.3 Å². The Balaban J connectivity index is 1.73. The Morgan fingerprint density at radius 2 is 1.83 bits per heavy atom. The quantitative estimate of drug-likeness (QED) is 0.683. The number of anilines is 1. The Hall–Kier alpha value is -2.43. The van der Waals surface area contributed by atoms with Gasteiger partial charge in [0.2, 0.25) is 17.7 Å². The van der Waals surface area contributed by atoms with Gasteiger partial charge < -0.3 is 5.32 Å². The van der Waals surface area contributed by atoms with Crippen molar-refractivity contribution in [3.63, 3.8) is 0 Å². The normalized spacial score (nSPS) is 24.0. The van der Waals surface area contributed by atoms with Gasteiger partial charge in [-0.2, -0.15) is 0 Å². The summed E-state index contributed by atoms with van der Waals surface area (Å²) in [7, 11) is 0. The molecule has 0 unspecified atom stereocenters. The third-order valence-corrected chi connectivity index (χ3v) is 4.91. The standard InChI is InChI=1S/C19H22N2O3/c1-3-13-7-6-8-14(11-13)20-17(22)12(2)21-18(23)15-9-4-5-10-16(15)19(21)24/h4-8,11-12,15-16H,3,9-10H2,1-2H3,(H,20,22)/t12-,15-,16+/m0/s1. The topological polar surface area (TPSA) is 66.5 Å². The highest BCUT2D eigenvalue weighted by atomic mass is 16.2. The number of benzene rings is 1. The predicted octanol–water partition coefficient (Wildman–Crippen LogP) is 2.53. The van der Waals surface area contributed by atoms with Crippen LogP contribution in [0.1, 0.15) is 32.3 Å². The molecule has 1 heterocycles. The van der Waals surface area contributed by atoms with Gasteiger partial charge in [0, 0.05) is 5.69 Å². The maximum absolute atomic E-state index is 12.5. The van der Waals surface area contributed by atoms with Gasteiger partial charge in [0.05, 0.1) is 11.8 Å². The summed E-state index contributed by atoms with van der Waals surface area (Å²) in [6, 6.07) is 6.78. The first-order valence-electron chi connectivity index (χ1n) is 8.44. The van der Waals surface area contributed by atoms with Gasteiger partial charge in [0.25, 0.3) is 0 Å². The van der Waals surface area contributed by atoms with E-state index in [1.165, 1.54) is 0 Å². The molecule has 0 bridgehead atoms. The van der Waals surface area contributed by atoms with Crippen molar-refractivity contribution in [2.45, 2.75) is 39.2 Å². The average Bonchev–Trinajstić information content (AvgIpc) is 2.86. The minimum absolute atomic E-state index is 0.223. The van der Waals surface area contributed by atoms with E-state index in [1.54, 1.807) is 13.0 Å². The van der Waals surface area contributed by atoms with Crippen molar-refractivity contribution in [2.24, 2.45) is 11.8 Å².